The van der Waals surface area contributed by atoms with Crippen molar-refractivity contribution >= 4 is 29.9 Å². The molecule has 1 aromatic heterocycles. The number of furan rings is 1. The summed E-state index contributed by atoms with van der Waals surface area (Å²) in [6, 6.07) is 3.94. The molecule has 7 heteroatoms. The Kier molecular flexibility index (Phi) is 8.90. The minimum absolute atomic E-state index is 0. The molecule has 1 aliphatic carbocycles. The number of morpholine rings is 1. The molecule has 3 rings (SSSR count). The third kappa shape index (κ3) is 7.40. The third-order valence-corrected chi connectivity index (χ3v) is 4.27. The molecule has 0 unspecified atom stereocenters. The van der Waals surface area contributed by atoms with Crippen molar-refractivity contribution in [3.63, 3.8) is 0 Å². The molecule has 0 radical (unpaired) electrons. The Morgan fingerprint density at radius 2 is 2.00 bits per heavy atom. The molecule has 24 heavy (non-hydrogen) atoms. The minimum Gasteiger partial charge on any atom is -0.469 e. The van der Waals surface area contributed by atoms with Crippen LogP contribution in [0, 0.1) is 5.92 Å². The van der Waals surface area contributed by atoms with Gasteiger partial charge in [0.05, 0.1) is 19.5 Å². The number of aliphatic imine (C=N–C) groups is 1. The summed E-state index contributed by atoms with van der Waals surface area (Å²) in [7, 11) is 0. The zero-order chi connectivity index (χ0) is 15.7. The van der Waals surface area contributed by atoms with Crippen molar-refractivity contribution < 1.29 is 9.15 Å². The number of nitrogens with zero attached hydrogens (tertiary/aromatic N) is 2. The zero-order valence-corrected chi connectivity index (χ0v) is 16.5. The van der Waals surface area contributed by atoms with Crippen LogP contribution in [0.2, 0.25) is 0 Å². The van der Waals surface area contributed by atoms with E-state index in [4.69, 9.17) is 14.1 Å². The van der Waals surface area contributed by atoms with Crippen LogP contribution in [0.5, 0.6) is 0 Å². The molecule has 2 aliphatic rings. The van der Waals surface area contributed by atoms with Crippen LogP contribution in [-0.2, 0) is 11.2 Å². The molecule has 0 bridgehead atoms. The SMILES string of the molecule is I.c1coc(CCNC(=NCC2CC2)NCCN2CCOCC2)c1. The largest absolute Gasteiger partial charge is 0.469 e. The Morgan fingerprint density at radius 3 is 2.71 bits per heavy atom. The van der Waals surface area contributed by atoms with E-state index < -0.39 is 0 Å². The van der Waals surface area contributed by atoms with Crippen LogP contribution in [-0.4, -0.2) is 63.3 Å². The average molecular weight is 448 g/mol. The molecular formula is C17H29IN4O2. The highest BCUT2D eigenvalue weighted by molar-refractivity contribution is 14.0. The van der Waals surface area contributed by atoms with Crippen LogP contribution in [0.4, 0.5) is 0 Å². The van der Waals surface area contributed by atoms with Gasteiger partial charge in [-0.15, -0.1) is 24.0 Å². The first-order valence-corrected chi connectivity index (χ1v) is 8.75. The lowest BCUT2D eigenvalue weighted by Crippen LogP contribution is -2.45. The Labute approximate surface area is 161 Å². The van der Waals surface area contributed by atoms with E-state index in [2.05, 4.69) is 15.5 Å². The van der Waals surface area contributed by atoms with Gasteiger partial charge in [0.1, 0.15) is 5.76 Å². The third-order valence-electron chi connectivity index (χ3n) is 4.27. The summed E-state index contributed by atoms with van der Waals surface area (Å²) in [5.41, 5.74) is 0. The lowest BCUT2D eigenvalue weighted by atomic mass is 10.3. The molecule has 0 spiro atoms. The number of guanidine groups is 1. The van der Waals surface area contributed by atoms with Crippen LogP contribution in [0.3, 0.4) is 0 Å². The van der Waals surface area contributed by atoms with Gasteiger partial charge in [-0.05, 0) is 30.9 Å². The molecule has 2 fully saturated rings. The summed E-state index contributed by atoms with van der Waals surface area (Å²) in [5.74, 6) is 2.74. The van der Waals surface area contributed by atoms with E-state index in [9.17, 15) is 0 Å². The van der Waals surface area contributed by atoms with Crippen molar-refractivity contribution in [2.45, 2.75) is 19.3 Å². The van der Waals surface area contributed by atoms with Crippen LogP contribution < -0.4 is 10.6 Å². The van der Waals surface area contributed by atoms with E-state index in [1.54, 1.807) is 6.26 Å². The smallest absolute Gasteiger partial charge is 0.191 e. The second-order valence-electron chi connectivity index (χ2n) is 6.27. The maximum absolute atomic E-state index is 5.38. The van der Waals surface area contributed by atoms with Crippen molar-refractivity contribution in [3.8, 4) is 0 Å². The highest BCUT2D eigenvalue weighted by Crippen LogP contribution is 2.28. The second kappa shape index (κ2) is 10.9. The molecule has 2 N–H and O–H groups in total. The molecule has 6 nitrogen and oxygen atoms in total. The van der Waals surface area contributed by atoms with E-state index in [1.807, 2.05) is 12.1 Å². The fourth-order valence-corrected chi connectivity index (χ4v) is 2.61. The monoisotopic (exact) mass is 448 g/mol. The molecular weight excluding hydrogens is 419 g/mol. The number of halogens is 1. The lowest BCUT2D eigenvalue weighted by Gasteiger charge is -2.26. The van der Waals surface area contributed by atoms with E-state index in [-0.39, 0.29) is 24.0 Å². The van der Waals surface area contributed by atoms with Gasteiger partial charge in [-0.3, -0.25) is 9.89 Å². The van der Waals surface area contributed by atoms with Crippen LogP contribution in [0.1, 0.15) is 18.6 Å². The van der Waals surface area contributed by atoms with Crippen molar-refractivity contribution in [2.24, 2.45) is 10.9 Å². The van der Waals surface area contributed by atoms with Crippen molar-refractivity contribution in [1.29, 1.82) is 0 Å². The maximum atomic E-state index is 5.38. The summed E-state index contributed by atoms with van der Waals surface area (Å²) < 4.78 is 10.7. The van der Waals surface area contributed by atoms with E-state index >= 15 is 0 Å². The first kappa shape index (κ1) is 19.5. The van der Waals surface area contributed by atoms with Gasteiger partial charge < -0.3 is 19.8 Å². The summed E-state index contributed by atoms with van der Waals surface area (Å²) in [4.78, 5) is 7.14. The first-order chi connectivity index (χ1) is 11.4. The molecule has 0 aromatic carbocycles. The van der Waals surface area contributed by atoms with Gasteiger partial charge in [-0.2, -0.15) is 0 Å². The van der Waals surface area contributed by atoms with Gasteiger partial charge >= 0.3 is 0 Å². The van der Waals surface area contributed by atoms with Gasteiger partial charge in [0.15, 0.2) is 5.96 Å². The summed E-state index contributed by atoms with van der Waals surface area (Å²) in [6.07, 6.45) is 5.26. The fraction of sp³-hybridized carbons (Fsp3) is 0.706. The molecule has 2 heterocycles. The Balaban J connectivity index is 0.00000208. The molecule has 0 amide bonds. The van der Waals surface area contributed by atoms with Gasteiger partial charge in [0.25, 0.3) is 0 Å². The Bertz CT molecular complexity index is 471. The number of rotatable bonds is 8. The van der Waals surface area contributed by atoms with Gasteiger partial charge in [-0.1, -0.05) is 0 Å². The van der Waals surface area contributed by atoms with Crippen molar-refractivity contribution in [3.05, 3.63) is 24.2 Å². The van der Waals surface area contributed by atoms with Crippen LogP contribution in [0.15, 0.2) is 27.8 Å². The minimum atomic E-state index is 0. The van der Waals surface area contributed by atoms with E-state index in [1.165, 1.54) is 12.8 Å². The lowest BCUT2D eigenvalue weighted by molar-refractivity contribution is 0.0389. The molecule has 136 valence electrons. The molecule has 0 atom stereocenters. The predicted octanol–water partition coefficient (Wildman–Crippen LogP) is 1.72. The topological polar surface area (TPSA) is 62.0 Å². The predicted molar refractivity (Wildman–Crippen MR) is 106 cm³/mol. The van der Waals surface area contributed by atoms with Crippen LogP contribution in [0.25, 0.3) is 0 Å². The molecule has 1 saturated carbocycles. The fourth-order valence-electron chi connectivity index (χ4n) is 2.61. The Morgan fingerprint density at radius 1 is 1.21 bits per heavy atom. The first-order valence-electron chi connectivity index (χ1n) is 8.75. The highest BCUT2D eigenvalue weighted by Gasteiger charge is 2.20. The second-order valence-corrected chi connectivity index (χ2v) is 6.27. The van der Waals surface area contributed by atoms with Crippen molar-refractivity contribution in [1.82, 2.24) is 15.5 Å². The summed E-state index contributed by atoms with van der Waals surface area (Å²) in [5, 5.41) is 6.87. The summed E-state index contributed by atoms with van der Waals surface area (Å²) in [6.45, 7) is 7.48. The number of nitrogens with one attached hydrogen (secondary N) is 2. The van der Waals surface area contributed by atoms with Crippen molar-refractivity contribution in [2.75, 3.05) is 52.5 Å². The molecule has 1 saturated heterocycles. The normalized spacial score (nSPS) is 18.9. The van der Waals surface area contributed by atoms with E-state index in [0.29, 0.717) is 0 Å². The molecule has 1 aromatic rings. The van der Waals surface area contributed by atoms with E-state index in [0.717, 1.165) is 76.5 Å². The number of hydrogen-bond acceptors (Lipinski definition) is 4. The number of hydrogen-bond donors (Lipinski definition) is 2. The highest BCUT2D eigenvalue weighted by atomic mass is 127. The van der Waals surface area contributed by atoms with Gasteiger partial charge in [-0.25, -0.2) is 0 Å². The number of ether oxygens (including phenoxy) is 1. The summed E-state index contributed by atoms with van der Waals surface area (Å²) >= 11 is 0. The standard InChI is InChI=1S/C17H28N4O2.HI/c1-2-16(23-11-1)5-6-18-17(20-14-15-3-4-15)19-7-8-21-9-12-22-13-10-21;/h1-2,11,15H,3-10,12-14H2,(H2,18,19,20);1H. The average Bonchev–Trinajstić information content (AvgIpc) is 3.27. The van der Waals surface area contributed by atoms with Gasteiger partial charge in [0.2, 0.25) is 0 Å². The zero-order valence-electron chi connectivity index (χ0n) is 14.2. The quantitative estimate of drug-likeness (QED) is 0.360. The Hall–Kier alpha value is -0.800. The van der Waals surface area contributed by atoms with Crippen LogP contribution >= 0.6 is 24.0 Å². The maximum Gasteiger partial charge on any atom is 0.191 e. The molecule has 1 aliphatic heterocycles. The van der Waals surface area contributed by atoms with Gasteiger partial charge in [0, 0.05) is 45.7 Å².